The number of hydrogen-bond donors (Lipinski definition) is 1. The van der Waals surface area contributed by atoms with Gasteiger partial charge in [-0.15, -0.1) is 0 Å². The van der Waals surface area contributed by atoms with Crippen molar-refractivity contribution in [1.29, 1.82) is 0 Å². The normalized spacial score (nSPS) is 10.3. The van der Waals surface area contributed by atoms with Crippen molar-refractivity contribution in [3.8, 4) is 11.5 Å². The molecule has 1 N–H and O–H groups in total. The molecule has 0 bridgehead atoms. The first kappa shape index (κ1) is 14.3. The van der Waals surface area contributed by atoms with E-state index in [4.69, 9.17) is 9.47 Å². The molecular weight excluding hydrogens is 259 g/mol. The second kappa shape index (κ2) is 6.86. The van der Waals surface area contributed by atoms with Crippen LogP contribution in [-0.4, -0.2) is 19.1 Å². The molecule has 1 heterocycles. The largest absolute Gasteiger partial charge is 0.497 e. The molecule has 0 saturated heterocycles. The first-order chi connectivity index (χ1) is 9.72. The Balaban J connectivity index is 1.97. The van der Waals surface area contributed by atoms with Gasteiger partial charge in [-0.3, -0.25) is 4.98 Å². The fraction of sp³-hybridized carbons (Fsp3) is 0.267. The van der Waals surface area contributed by atoms with Crippen molar-refractivity contribution in [2.45, 2.75) is 13.2 Å². The summed E-state index contributed by atoms with van der Waals surface area (Å²) in [6.45, 7) is 0.857. The van der Waals surface area contributed by atoms with Crippen molar-refractivity contribution in [2.24, 2.45) is 0 Å². The minimum Gasteiger partial charge on any atom is -0.497 e. The number of halogens is 1. The van der Waals surface area contributed by atoms with Crippen LogP contribution >= 0.6 is 0 Å². The Bertz CT molecular complexity index is 558. The Morgan fingerprint density at radius 3 is 2.60 bits per heavy atom. The first-order valence-corrected chi connectivity index (χ1v) is 6.27. The molecule has 2 aromatic rings. The van der Waals surface area contributed by atoms with Crippen LogP contribution in [0.25, 0.3) is 0 Å². The number of benzene rings is 1. The lowest BCUT2D eigenvalue weighted by atomic mass is 10.2. The monoisotopic (exact) mass is 276 g/mol. The summed E-state index contributed by atoms with van der Waals surface area (Å²) < 4.78 is 24.2. The molecule has 0 saturated carbocycles. The number of hydrogen-bond acceptors (Lipinski definition) is 4. The highest BCUT2D eigenvalue weighted by Crippen LogP contribution is 2.18. The van der Waals surface area contributed by atoms with Crippen LogP contribution in [0, 0.1) is 5.82 Å². The highest BCUT2D eigenvalue weighted by atomic mass is 19.1. The number of pyridine rings is 1. The number of nitrogens with one attached hydrogen (secondary N) is 1. The van der Waals surface area contributed by atoms with E-state index in [0.717, 1.165) is 5.69 Å². The van der Waals surface area contributed by atoms with Gasteiger partial charge < -0.3 is 14.8 Å². The van der Waals surface area contributed by atoms with E-state index in [1.807, 2.05) is 19.2 Å². The van der Waals surface area contributed by atoms with E-state index >= 15 is 0 Å². The van der Waals surface area contributed by atoms with Crippen molar-refractivity contribution in [2.75, 3.05) is 14.2 Å². The lowest BCUT2D eigenvalue weighted by Crippen LogP contribution is -2.06. The summed E-state index contributed by atoms with van der Waals surface area (Å²) in [5, 5.41) is 3.01. The highest BCUT2D eigenvalue weighted by molar-refractivity contribution is 5.29. The summed E-state index contributed by atoms with van der Waals surface area (Å²) in [6.07, 6.45) is 1.63. The van der Waals surface area contributed by atoms with E-state index in [9.17, 15) is 4.39 Å². The zero-order chi connectivity index (χ0) is 14.4. The van der Waals surface area contributed by atoms with Gasteiger partial charge in [0.2, 0.25) is 0 Å². The Morgan fingerprint density at radius 1 is 1.20 bits per heavy atom. The Morgan fingerprint density at radius 2 is 2.00 bits per heavy atom. The fourth-order valence-corrected chi connectivity index (χ4v) is 1.72. The number of methoxy groups -OCH3 is 1. The number of aromatic nitrogens is 1. The molecule has 0 spiro atoms. The highest BCUT2D eigenvalue weighted by Gasteiger charge is 2.05. The van der Waals surface area contributed by atoms with E-state index in [1.165, 1.54) is 13.2 Å². The molecule has 5 heteroatoms. The van der Waals surface area contributed by atoms with Gasteiger partial charge in [-0.05, 0) is 31.3 Å². The molecule has 0 aliphatic heterocycles. The van der Waals surface area contributed by atoms with Gasteiger partial charge in [0.05, 0.1) is 19.0 Å². The number of ether oxygens (including phenoxy) is 2. The smallest absolute Gasteiger partial charge is 0.138 e. The maximum atomic E-state index is 13.7. The zero-order valence-corrected chi connectivity index (χ0v) is 11.5. The summed E-state index contributed by atoms with van der Waals surface area (Å²) in [6, 6.07) is 8.39. The van der Waals surface area contributed by atoms with E-state index < -0.39 is 0 Å². The molecular formula is C15H17FN2O2. The molecule has 0 fully saturated rings. The minimum absolute atomic E-state index is 0.156. The third-order valence-corrected chi connectivity index (χ3v) is 2.81. The Kier molecular flexibility index (Phi) is 4.90. The molecule has 106 valence electrons. The van der Waals surface area contributed by atoms with Crippen molar-refractivity contribution in [3.05, 3.63) is 53.6 Å². The summed E-state index contributed by atoms with van der Waals surface area (Å²) in [5.41, 5.74) is 1.40. The molecule has 0 atom stereocenters. The van der Waals surface area contributed by atoms with Crippen LogP contribution in [0.2, 0.25) is 0 Å². The second-order valence-electron chi connectivity index (χ2n) is 4.26. The van der Waals surface area contributed by atoms with Crippen LogP contribution in [0.5, 0.6) is 11.5 Å². The summed E-state index contributed by atoms with van der Waals surface area (Å²) >= 11 is 0. The van der Waals surface area contributed by atoms with Gasteiger partial charge in [0, 0.05) is 18.2 Å². The fourth-order valence-electron chi connectivity index (χ4n) is 1.72. The maximum absolute atomic E-state index is 13.7. The Labute approximate surface area is 117 Å². The van der Waals surface area contributed by atoms with Crippen LogP contribution in [0.15, 0.2) is 36.5 Å². The lowest BCUT2D eigenvalue weighted by molar-refractivity contribution is 0.298. The average molecular weight is 276 g/mol. The van der Waals surface area contributed by atoms with Crippen molar-refractivity contribution < 1.29 is 13.9 Å². The van der Waals surface area contributed by atoms with Gasteiger partial charge >= 0.3 is 0 Å². The first-order valence-electron chi connectivity index (χ1n) is 6.27. The molecule has 1 aromatic heterocycles. The molecule has 0 amide bonds. The topological polar surface area (TPSA) is 43.4 Å². The molecule has 20 heavy (non-hydrogen) atoms. The van der Waals surface area contributed by atoms with E-state index in [-0.39, 0.29) is 12.4 Å². The number of rotatable bonds is 6. The quantitative estimate of drug-likeness (QED) is 0.880. The van der Waals surface area contributed by atoms with Crippen molar-refractivity contribution in [3.63, 3.8) is 0 Å². The number of nitrogens with zero attached hydrogens (tertiary/aromatic N) is 1. The van der Waals surface area contributed by atoms with Gasteiger partial charge in [0.25, 0.3) is 0 Å². The molecule has 0 aliphatic rings. The molecule has 1 aromatic carbocycles. The van der Waals surface area contributed by atoms with E-state index in [2.05, 4.69) is 10.3 Å². The standard InChI is InChI=1S/C15H17FN2O2/c1-17-8-12-4-6-14(9-18-12)20-10-11-3-5-13(19-2)7-15(11)16/h3-7,9,17H,8,10H2,1-2H3. The zero-order valence-electron chi connectivity index (χ0n) is 11.5. The summed E-state index contributed by atoms with van der Waals surface area (Å²) in [7, 11) is 3.36. The molecule has 0 aliphatic carbocycles. The van der Waals surface area contributed by atoms with Gasteiger partial charge in [-0.1, -0.05) is 0 Å². The van der Waals surface area contributed by atoms with Gasteiger partial charge in [0.15, 0.2) is 0 Å². The molecule has 0 unspecified atom stereocenters. The van der Waals surface area contributed by atoms with Crippen LogP contribution in [0.1, 0.15) is 11.3 Å². The van der Waals surface area contributed by atoms with Crippen molar-refractivity contribution >= 4 is 0 Å². The lowest BCUT2D eigenvalue weighted by Gasteiger charge is -2.08. The average Bonchev–Trinajstić information content (AvgIpc) is 2.48. The van der Waals surface area contributed by atoms with E-state index in [0.29, 0.717) is 23.6 Å². The predicted molar refractivity (Wildman–Crippen MR) is 74.3 cm³/mol. The van der Waals surface area contributed by atoms with Crippen LogP contribution in [0.3, 0.4) is 0 Å². The predicted octanol–water partition coefficient (Wildman–Crippen LogP) is 2.53. The van der Waals surface area contributed by atoms with Gasteiger partial charge in [-0.2, -0.15) is 0 Å². The maximum Gasteiger partial charge on any atom is 0.138 e. The SMILES string of the molecule is CNCc1ccc(OCc2ccc(OC)cc2F)cn1. The van der Waals surface area contributed by atoms with Crippen LogP contribution < -0.4 is 14.8 Å². The van der Waals surface area contributed by atoms with E-state index in [1.54, 1.807) is 18.3 Å². The van der Waals surface area contributed by atoms with Gasteiger partial charge in [0.1, 0.15) is 23.9 Å². The third-order valence-electron chi connectivity index (χ3n) is 2.81. The van der Waals surface area contributed by atoms with Crippen LogP contribution in [0.4, 0.5) is 4.39 Å². The third kappa shape index (κ3) is 3.68. The molecule has 0 radical (unpaired) electrons. The second-order valence-corrected chi connectivity index (χ2v) is 4.26. The van der Waals surface area contributed by atoms with Crippen LogP contribution in [-0.2, 0) is 13.2 Å². The van der Waals surface area contributed by atoms with Crippen molar-refractivity contribution in [1.82, 2.24) is 10.3 Å². The summed E-state index contributed by atoms with van der Waals surface area (Å²) in [5.74, 6) is 0.758. The molecule has 2 rings (SSSR count). The van der Waals surface area contributed by atoms with Gasteiger partial charge in [-0.25, -0.2) is 4.39 Å². The Hall–Kier alpha value is -2.14. The molecule has 4 nitrogen and oxygen atoms in total. The summed E-state index contributed by atoms with van der Waals surface area (Å²) in [4.78, 5) is 4.23. The minimum atomic E-state index is -0.343.